The van der Waals surface area contributed by atoms with Gasteiger partial charge in [0.1, 0.15) is 11.4 Å². The fraction of sp³-hybridized carbons (Fsp3) is 0.174. The van der Waals surface area contributed by atoms with Crippen LogP contribution in [0.1, 0.15) is 21.6 Å². The minimum absolute atomic E-state index is 0.0470. The molecule has 2 aromatic carbocycles. The SMILES string of the molecule is COc1ccccc1CCNC(=O)c1cc2sccc2n1Cc1ccccc1. The van der Waals surface area contributed by atoms with Gasteiger partial charge in [0, 0.05) is 13.1 Å². The average molecular weight is 391 g/mol. The molecular formula is C23H22N2O2S. The Labute approximate surface area is 168 Å². The molecule has 0 saturated heterocycles. The fourth-order valence-electron chi connectivity index (χ4n) is 3.41. The molecule has 142 valence electrons. The predicted molar refractivity (Wildman–Crippen MR) is 114 cm³/mol. The average Bonchev–Trinajstić information content (AvgIpc) is 3.32. The Morgan fingerprint density at radius 3 is 2.68 bits per heavy atom. The van der Waals surface area contributed by atoms with E-state index in [2.05, 4.69) is 33.5 Å². The second kappa shape index (κ2) is 8.31. The number of benzene rings is 2. The zero-order valence-corrected chi connectivity index (χ0v) is 16.5. The topological polar surface area (TPSA) is 43.3 Å². The van der Waals surface area contributed by atoms with Crippen LogP contribution in [0.2, 0.25) is 0 Å². The van der Waals surface area contributed by atoms with Gasteiger partial charge in [-0.05, 0) is 41.1 Å². The summed E-state index contributed by atoms with van der Waals surface area (Å²) in [4.78, 5) is 12.9. The zero-order chi connectivity index (χ0) is 19.3. The van der Waals surface area contributed by atoms with E-state index in [1.54, 1.807) is 18.4 Å². The van der Waals surface area contributed by atoms with Crippen molar-refractivity contribution >= 4 is 27.5 Å². The molecule has 0 spiro atoms. The van der Waals surface area contributed by atoms with Crippen LogP contribution in [0.25, 0.3) is 10.2 Å². The van der Waals surface area contributed by atoms with Crippen molar-refractivity contribution in [3.05, 3.63) is 88.9 Å². The van der Waals surface area contributed by atoms with E-state index in [4.69, 9.17) is 4.74 Å². The molecule has 0 atom stereocenters. The predicted octanol–water partition coefficient (Wildman–Crippen LogP) is 4.73. The van der Waals surface area contributed by atoms with Crippen molar-refractivity contribution in [1.29, 1.82) is 0 Å². The van der Waals surface area contributed by atoms with E-state index < -0.39 is 0 Å². The quantitative estimate of drug-likeness (QED) is 0.496. The van der Waals surface area contributed by atoms with Crippen LogP contribution < -0.4 is 10.1 Å². The molecule has 4 aromatic rings. The number of nitrogens with one attached hydrogen (secondary N) is 1. The highest BCUT2D eigenvalue weighted by Gasteiger charge is 2.16. The number of thiophene rings is 1. The molecule has 0 aliphatic rings. The number of hydrogen-bond acceptors (Lipinski definition) is 3. The highest BCUT2D eigenvalue weighted by atomic mass is 32.1. The first-order valence-corrected chi connectivity index (χ1v) is 10.1. The maximum absolute atomic E-state index is 12.9. The second-order valence-electron chi connectivity index (χ2n) is 6.59. The van der Waals surface area contributed by atoms with Gasteiger partial charge in [-0.15, -0.1) is 11.3 Å². The lowest BCUT2D eigenvalue weighted by molar-refractivity contribution is 0.0945. The van der Waals surface area contributed by atoms with Gasteiger partial charge in [0.25, 0.3) is 5.91 Å². The Hall–Kier alpha value is -3.05. The number of rotatable bonds is 7. The van der Waals surface area contributed by atoms with Crippen LogP contribution >= 0.6 is 11.3 Å². The molecule has 0 bridgehead atoms. The Morgan fingerprint density at radius 1 is 1.07 bits per heavy atom. The maximum Gasteiger partial charge on any atom is 0.267 e. The fourth-order valence-corrected chi connectivity index (χ4v) is 4.23. The van der Waals surface area contributed by atoms with Crippen LogP contribution in [0.5, 0.6) is 5.75 Å². The molecule has 1 amide bonds. The third kappa shape index (κ3) is 3.80. The summed E-state index contributed by atoms with van der Waals surface area (Å²) in [6.07, 6.45) is 0.726. The van der Waals surface area contributed by atoms with Crippen molar-refractivity contribution in [2.24, 2.45) is 0 Å². The first-order chi connectivity index (χ1) is 13.8. The molecule has 2 aromatic heterocycles. The van der Waals surface area contributed by atoms with Crippen LogP contribution in [0.4, 0.5) is 0 Å². The van der Waals surface area contributed by atoms with Crippen LogP contribution in [0.15, 0.2) is 72.1 Å². The van der Waals surface area contributed by atoms with Crippen molar-refractivity contribution in [2.45, 2.75) is 13.0 Å². The molecule has 28 heavy (non-hydrogen) atoms. The maximum atomic E-state index is 12.9. The molecule has 4 nitrogen and oxygen atoms in total. The number of nitrogens with zero attached hydrogens (tertiary/aromatic N) is 1. The van der Waals surface area contributed by atoms with Gasteiger partial charge in [-0.2, -0.15) is 0 Å². The van der Waals surface area contributed by atoms with E-state index >= 15 is 0 Å². The number of carbonyl (C=O) groups is 1. The van der Waals surface area contributed by atoms with Crippen molar-refractivity contribution in [3.63, 3.8) is 0 Å². The lowest BCUT2D eigenvalue weighted by Crippen LogP contribution is -2.28. The van der Waals surface area contributed by atoms with E-state index in [1.807, 2.05) is 48.5 Å². The van der Waals surface area contributed by atoms with E-state index in [1.165, 1.54) is 5.56 Å². The van der Waals surface area contributed by atoms with E-state index in [-0.39, 0.29) is 5.91 Å². The number of carbonyl (C=O) groups excluding carboxylic acids is 1. The highest BCUT2D eigenvalue weighted by molar-refractivity contribution is 7.17. The molecule has 0 fully saturated rings. The molecule has 1 N–H and O–H groups in total. The lowest BCUT2D eigenvalue weighted by atomic mass is 10.1. The highest BCUT2D eigenvalue weighted by Crippen LogP contribution is 2.26. The van der Waals surface area contributed by atoms with E-state index in [9.17, 15) is 4.79 Å². The van der Waals surface area contributed by atoms with Gasteiger partial charge < -0.3 is 14.6 Å². The molecule has 2 heterocycles. The van der Waals surface area contributed by atoms with Crippen LogP contribution in [0, 0.1) is 0 Å². The van der Waals surface area contributed by atoms with Crippen molar-refractivity contribution < 1.29 is 9.53 Å². The van der Waals surface area contributed by atoms with Gasteiger partial charge in [0.05, 0.1) is 17.3 Å². The number of fused-ring (bicyclic) bond motifs is 1. The third-order valence-corrected chi connectivity index (χ3v) is 5.66. The number of aromatic nitrogens is 1. The van der Waals surface area contributed by atoms with Crippen LogP contribution in [0.3, 0.4) is 0 Å². The minimum atomic E-state index is -0.0470. The normalized spacial score (nSPS) is 10.9. The van der Waals surface area contributed by atoms with Gasteiger partial charge >= 0.3 is 0 Å². The molecule has 0 unspecified atom stereocenters. The van der Waals surface area contributed by atoms with Gasteiger partial charge in [0.15, 0.2) is 0 Å². The molecular weight excluding hydrogens is 368 g/mol. The second-order valence-corrected chi connectivity index (χ2v) is 7.54. The molecule has 5 heteroatoms. The number of amides is 1. The summed E-state index contributed by atoms with van der Waals surface area (Å²) in [5.41, 5.74) is 4.06. The van der Waals surface area contributed by atoms with Crippen LogP contribution in [-0.4, -0.2) is 24.1 Å². The van der Waals surface area contributed by atoms with Gasteiger partial charge in [-0.3, -0.25) is 4.79 Å². The monoisotopic (exact) mass is 390 g/mol. The molecule has 0 aliphatic carbocycles. The molecule has 0 radical (unpaired) electrons. The van der Waals surface area contributed by atoms with Crippen molar-refractivity contribution in [3.8, 4) is 5.75 Å². The van der Waals surface area contributed by atoms with Gasteiger partial charge in [0.2, 0.25) is 0 Å². The first kappa shape index (κ1) is 18.3. The van der Waals surface area contributed by atoms with Crippen LogP contribution in [-0.2, 0) is 13.0 Å². The third-order valence-electron chi connectivity index (χ3n) is 4.81. The number of methoxy groups -OCH3 is 1. The number of ether oxygens (including phenoxy) is 1. The summed E-state index contributed by atoms with van der Waals surface area (Å²) < 4.78 is 8.61. The zero-order valence-electron chi connectivity index (χ0n) is 15.7. The largest absolute Gasteiger partial charge is 0.496 e. The van der Waals surface area contributed by atoms with Gasteiger partial charge in [-0.25, -0.2) is 0 Å². The Balaban J connectivity index is 1.51. The summed E-state index contributed by atoms with van der Waals surface area (Å²) in [7, 11) is 1.67. The summed E-state index contributed by atoms with van der Waals surface area (Å²) in [6.45, 7) is 1.24. The summed E-state index contributed by atoms with van der Waals surface area (Å²) in [5, 5.41) is 5.13. The summed E-state index contributed by atoms with van der Waals surface area (Å²) in [5.74, 6) is 0.805. The molecule has 0 aliphatic heterocycles. The van der Waals surface area contributed by atoms with Crippen molar-refractivity contribution in [1.82, 2.24) is 9.88 Å². The van der Waals surface area contributed by atoms with E-state index in [0.717, 1.165) is 28.0 Å². The summed E-state index contributed by atoms with van der Waals surface area (Å²) >= 11 is 1.66. The Kier molecular flexibility index (Phi) is 5.44. The van der Waals surface area contributed by atoms with E-state index in [0.29, 0.717) is 18.8 Å². The number of hydrogen-bond donors (Lipinski definition) is 1. The standard InChI is InChI=1S/C23H22N2O2S/c1-27-21-10-6-5-9-18(21)11-13-24-23(26)20-15-22-19(12-14-28-22)25(20)16-17-7-3-2-4-8-17/h2-10,12,14-15H,11,13,16H2,1H3,(H,24,26). The summed E-state index contributed by atoms with van der Waals surface area (Å²) in [6, 6.07) is 22.2. The minimum Gasteiger partial charge on any atom is -0.496 e. The smallest absolute Gasteiger partial charge is 0.267 e. The Morgan fingerprint density at radius 2 is 1.86 bits per heavy atom. The lowest BCUT2D eigenvalue weighted by Gasteiger charge is -2.12. The number of para-hydroxylation sites is 1. The Bertz CT molecular complexity index is 1080. The van der Waals surface area contributed by atoms with Gasteiger partial charge in [-0.1, -0.05) is 48.5 Å². The molecule has 0 saturated carbocycles. The molecule has 4 rings (SSSR count). The van der Waals surface area contributed by atoms with Crippen molar-refractivity contribution in [2.75, 3.05) is 13.7 Å². The first-order valence-electron chi connectivity index (χ1n) is 9.27.